The lowest BCUT2D eigenvalue weighted by Gasteiger charge is -2.20. The van der Waals surface area contributed by atoms with Gasteiger partial charge in [-0.25, -0.2) is 9.67 Å². The van der Waals surface area contributed by atoms with Crippen molar-refractivity contribution in [3.63, 3.8) is 0 Å². The molecule has 2 N–H and O–H groups in total. The van der Waals surface area contributed by atoms with E-state index in [0.717, 1.165) is 17.8 Å². The van der Waals surface area contributed by atoms with Gasteiger partial charge in [0.05, 0.1) is 11.7 Å². The molecule has 0 radical (unpaired) electrons. The average molecular weight is 498 g/mol. The van der Waals surface area contributed by atoms with Crippen LogP contribution >= 0.6 is 24.0 Å². The maximum Gasteiger partial charge on any atom is 0.243 e. The Morgan fingerprint density at radius 3 is 2.61 bits per heavy atom. The molecule has 0 bridgehead atoms. The van der Waals surface area contributed by atoms with Crippen LogP contribution in [-0.4, -0.2) is 53.7 Å². The van der Waals surface area contributed by atoms with E-state index < -0.39 is 0 Å². The second-order valence-corrected chi connectivity index (χ2v) is 7.14. The molecule has 2 rings (SSSR count). The topological polar surface area (TPSA) is 74.6 Å². The van der Waals surface area contributed by atoms with Crippen LogP contribution in [0.4, 0.5) is 0 Å². The zero-order chi connectivity index (χ0) is 19.8. The average Bonchev–Trinajstić information content (AvgIpc) is 3.18. The van der Waals surface area contributed by atoms with Crippen molar-refractivity contribution in [3.05, 3.63) is 48.3 Å². The maximum absolute atomic E-state index is 11.9. The quantitative estimate of drug-likeness (QED) is 0.350. The number of nitrogens with one attached hydrogen (secondary N) is 2. The first-order chi connectivity index (χ1) is 12.9. The van der Waals surface area contributed by atoms with Gasteiger partial charge in [0.15, 0.2) is 5.96 Å². The molecule has 1 aromatic heterocycles. The fraction of sp³-hybridized carbons (Fsp3) is 0.450. The molecule has 0 saturated carbocycles. The second-order valence-electron chi connectivity index (χ2n) is 7.14. The van der Waals surface area contributed by atoms with Crippen molar-refractivity contribution in [2.75, 3.05) is 27.2 Å². The maximum atomic E-state index is 11.9. The molecule has 2 aromatic rings. The van der Waals surface area contributed by atoms with E-state index in [1.54, 1.807) is 25.2 Å². The van der Waals surface area contributed by atoms with Crippen LogP contribution in [0, 0.1) is 5.92 Å². The third kappa shape index (κ3) is 7.49. The molecule has 0 fully saturated rings. The molecule has 8 heteroatoms. The Bertz CT molecular complexity index is 758. The summed E-state index contributed by atoms with van der Waals surface area (Å²) in [5.74, 6) is 1.07. The highest BCUT2D eigenvalue weighted by atomic mass is 127. The number of nitrogens with zero attached hydrogens (tertiary/aromatic N) is 4. The highest BCUT2D eigenvalue weighted by molar-refractivity contribution is 14.0. The van der Waals surface area contributed by atoms with Crippen LogP contribution in [0.1, 0.15) is 32.4 Å². The molecule has 28 heavy (non-hydrogen) atoms. The summed E-state index contributed by atoms with van der Waals surface area (Å²) in [6, 6.07) is 10.1. The largest absolute Gasteiger partial charge is 0.356 e. The van der Waals surface area contributed by atoms with Crippen LogP contribution in [0.15, 0.2) is 47.7 Å². The molecule has 0 spiro atoms. The summed E-state index contributed by atoms with van der Waals surface area (Å²) < 4.78 is 1.83. The van der Waals surface area contributed by atoms with Gasteiger partial charge in [0, 0.05) is 33.0 Å². The van der Waals surface area contributed by atoms with Crippen LogP contribution in [-0.2, 0) is 4.79 Å². The first kappa shape index (κ1) is 23.9. The molecule has 0 aliphatic carbocycles. The summed E-state index contributed by atoms with van der Waals surface area (Å²) in [6.45, 7) is 7.23. The van der Waals surface area contributed by atoms with E-state index in [0.29, 0.717) is 11.9 Å². The summed E-state index contributed by atoms with van der Waals surface area (Å²) in [4.78, 5) is 17.9. The van der Waals surface area contributed by atoms with Crippen molar-refractivity contribution in [1.82, 2.24) is 25.3 Å². The molecular formula is C20H31IN6O. The normalized spacial score (nSPS) is 12.3. The summed E-state index contributed by atoms with van der Waals surface area (Å²) in [5.41, 5.74) is 2.11. The summed E-state index contributed by atoms with van der Waals surface area (Å²) in [6.07, 6.45) is 3.68. The Balaban J connectivity index is 0.00000392. The molecule has 0 aliphatic heterocycles. The highest BCUT2D eigenvalue weighted by Crippen LogP contribution is 2.16. The zero-order valence-corrected chi connectivity index (χ0v) is 19.5. The monoisotopic (exact) mass is 498 g/mol. The van der Waals surface area contributed by atoms with Gasteiger partial charge < -0.3 is 15.5 Å². The Morgan fingerprint density at radius 1 is 1.25 bits per heavy atom. The molecule has 1 unspecified atom stereocenters. The lowest BCUT2D eigenvalue weighted by atomic mass is 10.1. The predicted molar refractivity (Wildman–Crippen MR) is 124 cm³/mol. The van der Waals surface area contributed by atoms with E-state index >= 15 is 0 Å². The van der Waals surface area contributed by atoms with Gasteiger partial charge in [-0.2, -0.15) is 5.10 Å². The molecule has 1 aromatic carbocycles. The zero-order valence-electron chi connectivity index (χ0n) is 17.2. The molecule has 0 aliphatic rings. The molecule has 1 atom stereocenters. The van der Waals surface area contributed by atoms with Crippen LogP contribution in [0.25, 0.3) is 5.69 Å². The Labute approximate surface area is 184 Å². The number of aliphatic imine (C=N–C) groups is 1. The highest BCUT2D eigenvalue weighted by Gasteiger charge is 2.11. The third-order valence-corrected chi connectivity index (χ3v) is 4.04. The van der Waals surface area contributed by atoms with Crippen molar-refractivity contribution in [2.45, 2.75) is 26.8 Å². The van der Waals surface area contributed by atoms with Gasteiger partial charge in [0.25, 0.3) is 0 Å². The molecule has 1 heterocycles. The number of guanidine groups is 1. The number of likely N-dealkylation sites (N-methyl/N-ethyl adjacent to an activating group) is 1. The standard InChI is InChI=1S/C20H30N6O.HI/c1-15(2)13-21-20(22-14-19(27)25(4)5)24-16(3)17-8-6-9-18(12-17)26-11-7-10-23-26;/h6-12,15-16H,13-14H2,1-5H3,(H2,21,22,24);1H. The summed E-state index contributed by atoms with van der Waals surface area (Å²) >= 11 is 0. The minimum absolute atomic E-state index is 0. The van der Waals surface area contributed by atoms with E-state index in [2.05, 4.69) is 53.6 Å². The van der Waals surface area contributed by atoms with E-state index in [4.69, 9.17) is 0 Å². The number of hydrogen-bond acceptors (Lipinski definition) is 3. The van der Waals surface area contributed by atoms with Crippen molar-refractivity contribution in [2.24, 2.45) is 10.9 Å². The van der Waals surface area contributed by atoms with Crippen molar-refractivity contribution >= 4 is 35.8 Å². The number of carbonyl (C=O) groups excluding carboxylic acids is 1. The molecule has 7 nitrogen and oxygen atoms in total. The van der Waals surface area contributed by atoms with Gasteiger partial charge in [-0.05, 0) is 36.6 Å². The van der Waals surface area contributed by atoms with Crippen LogP contribution in [0.5, 0.6) is 0 Å². The first-order valence-electron chi connectivity index (χ1n) is 9.21. The minimum atomic E-state index is -0.0334. The second kappa shape index (κ2) is 11.7. The number of benzene rings is 1. The van der Waals surface area contributed by atoms with Crippen LogP contribution in [0.3, 0.4) is 0 Å². The van der Waals surface area contributed by atoms with E-state index in [-0.39, 0.29) is 42.5 Å². The lowest BCUT2D eigenvalue weighted by Crippen LogP contribution is -2.41. The fourth-order valence-electron chi connectivity index (χ4n) is 2.39. The SMILES string of the molecule is CC(C)CNC(=NCC(=O)N(C)C)NC(C)c1cccc(-n2cccn2)c1.I. The van der Waals surface area contributed by atoms with Gasteiger partial charge in [-0.1, -0.05) is 26.0 Å². The predicted octanol–water partition coefficient (Wildman–Crippen LogP) is 2.83. The Morgan fingerprint density at radius 2 is 2.00 bits per heavy atom. The summed E-state index contributed by atoms with van der Waals surface area (Å²) in [7, 11) is 3.46. The Kier molecular flexibility index (Phi) is 9.98. The van der Waals surface area contributed by atoms with Crippen LogP contribution in [0.2, 0.25) is 0 Å². The lowest BCUT2D eigenvalue weighted by molar-refractivity contribution is -0.127. The minimum Gasteiger partial charge on any atom is -0.356 e. The van der Waals surface area contributed by atoms with E-state index in [9.17, 15) is 4.79 Å². The molecular weight excluding hydrogens is 467 g/mol. The number of rotatable bonds is 7. The van der Waals surface area contributed by atoms with E-state index in [1.165, 1.54) is 0 Å². The van der Waals surface area contributed by atoms with Gasteiger partial charge in [-0.3, -0.25) is 4.79 Å². The van der Waals surface area contributed by atoms with Crippen LogP contribution < -0.4 is 10.6 Å². The summed E-state index contributed by atoms with van der Waals surface area (Å²) in [5, 5.41) is 11.0. The van der Waals surface area contributed by atoms with Crippen molar-refractivity contribution in [3.8, 4) is 5.69 Å². The van der Waals surface area contributed by atoms with Gasteiger partial charge in [0.1, 0.15) is 6.54 Å². The van der Waals surface area contributed by atoms with Crippen molar-refractivity contribution < 1.29 is 4.79 Å². The number of hydrogen-bond donors (Lipinski definition) is 2. The number of amides is 1. The number of carbonyl (C=O) groups is 1. The van der Waals surface area contributed by atoms with E-state index in [1.807, 2.05) is 29.1 Å². The van der Waals surface area contributed by atoms with Gasteiger partial charge in [0.2, 0.25) is 5.91 Å². The first-order valence-corrected chi connectivity index (χ1v) is 9.21. The molecule has 1 amide bonds. The molecule has 154 valence electrons. The third-order valence-electron chi connectivity index (χ3n) is 4.04. The van der Waals surface area contributed by atoms with Gasteiger partial charge in [-0.15, -0.1) is 24.0 Å². The van der Waals surface area contributed by atoms with Gasteiger partial charge >= 0.3 is 0 Å². The fourth-order valence-corrected chi connectivity index (χ4v) is 2.39. The number of halogens is 1. The number of aromatic nitrogens is 2. The Hall–Kier alpha value is -2.10. The smallest absolute Gasteiger partial charge is 0.243 e. The molecule has 0 saturated heterocycles. The van der Waals surface area contributed by atoms with Crippen molar-refractivity contribution in [1.29, 1.82) is 0 Å².